The highest BCUT2D eigenvalue weighted by molar-refractivity contribution is 5.13. The Morgan fingerprint density at radius 2 is 2.07 bits per heavy atom. The van der Waals surface area contributed by atoms with Gasteiger partial charge in [-0.05, 0) is 12.0 Å². The lowest BCUT2D eigenvalue weighted by Gasteiger charge is -2.15. The standard InChI is InChI=1S/C12H14O2/c13-11-7-4-8-12(11)14-9-10-5-2-1-3-6-10/h1-7,11-13H,8-9H2/t11-,12+/m1/s1. The third kappa shape index (κ3) is 2.22. The van der Waals surface area contributed by atoms with Crippen LogP contribution >= 0.6 is 0 Å². The van der Waals surface area contributed by atoms with E-state index in [1.54, 1.807) is 6.08 Å². The summed E-state index contributed by atoms with van der Waals surface area (Å²) in [7, 11) is 0. The Balaban J connectivity index is 1.83. The molecule has 0 unspecified atom stereocenters. The molecular weight excluding hydrogens is 176 g/mol. The summed E-state index contributed by atoms with van der Waals surface area (Å²) in [6.45, 7) is 0.574. The van der Waals surface area contributed by atoms with Gasteiger partial charge in [0.05, 0.1) is 18.8 Å². The quantitative estimate of drug-likeness (QED) is 0.737. The lowest BCUT2D eigenvalue weighted by molar-refractivity contribution is -0.0172. The molecule has 2 rings (SSSR count). The monoisotopic (exact) mass is 190 g/mol. The highest BCUT2D eigenvalue weighted by Crippen LogP contribution is 2.16. The maximum absolute atomic E-state index is 9.46. The molecule has 0 saturated carbocycles. The van der Waals surface area contributed by atoms with E-state index in [1.807, 2.05) is 36.4 Å². The van der Waals surface area contributed by atoms with Crippen LogP contribution in [0, 0.1) is 0 Å². The van der Waals surface area contributed by atoms with E-state index < -0.39 is 6.10 Å². The minimum atomic E-state index is -0.432. The molecule has 1 N–H and O–H groups in total. The number of hydrogen-bond acceptors (Lipinski definition) is 2. The van der Waals surface area contributed by atoms with Gasteiger partial charge in [-0.3, -0.25) is 0 Å². The Morgan fingerprint density at radius 1 is 1.29 bits per heavy atom. The molecule has 0 heterocycles. The summed E-state index contributed by atoms with van der Waals surface area (Å²) in [5.41, 5.74) is 1.15. The van der Waals surface area contributed by atoms with E-state index in [9.17, 15) is 5.11 Å². The average molecular weight is 190 g/mol. The molecular formula is C12H14O2. The van der Waals surface area contributed by atoms with E-state index in [0.29, 0.717) is 6.61 Å². The number of aliphatic hydroxyl groups is 1. The van der Waals surface area contributed by atoms with Gasteiger partial charge in [-0.2, -0.15) is 0 Å². The molecule has 2 nitrogen and oxygen atoms in total. The van der Waals surface area contributed by atoms with Crippen LogP contribution in [0.3, 0.4) is 0 Å². The molecule has 1 aromatic rings. The van der Waals surface area contributed by atoms with Crippen molar-refractivity contribution >= 4 is 0 Å². The molecule has 0 saturated heterocycles. The number of rotatable bonds is 3. The van der Waals surface area contributed by atoms with Gasteiger partial charge in [0.1, 0.15) is 0 Å². The third-order valence-electron chi connectivity index (χ3n) is 2.39. The predicted molar refractivity (Wildman–Crippen MR) is 54.8 cm³/mol. The summed E-state index contributed by atoms with van der Waals surface area (Å²) in [6, 6.07) is 10.0. The smallest absolute Gasteiger partial charge is 0.0985 e. The van der Waals surface area contributed by atoms with Crippen molar-refractivity contribution in [2.75, 3.05) is 0 Å². The van der Waals surface area contributed by atoms with Crippen LogP contribution in [0.1, 0.15) is 12.0 Å². The number of ether oxygens (including phenoxy) is 1. The summed E-state index contributed by atoms with van der Waals surface area (Å²) in [5, 5.41) is 9.46. The van der Waals surface area contributed by atoms with Crippen molar-refractivity contribution in [1.29, 1.82) is 0 Å². The molecule has 0 fully saturated rings. The van der Waals surface area contributed by atoms with Gasteiger partial charge >= 0.3 is 0 Å². The molecule has 1 aromatic carbocycles. The van der Waals surface area contributed by atoms with Crippen molar-refractivity contribution in [3.05, 3.63) is 48.0 Å². The molecule has 0 aromatic heterocycles. The Labute approximate surface area is 83.8 Å². The first-order valence-corrected chi connectivity index (χ1v) is 4.86. The van der Waals surface area contributed by atoms with Crippen molar-refractivity contribution in [1.82, 2.24) is 0 Å². The van der Waals surface area contributed by atoms with E-state index in [-0.39, 0.29) is 6.10 Å². The highest BCUT2D eigenvalue weighted by Gasteiger charge is 2.20. The Kier molecular flexibility index (Phi) is 2.96. The largest absolute Gasteiger partial charge is 0.386 e. The molecule has 0 aliphatic heterocycles. The number of hydrogen-bond donors (Lipinski definition) is 1. The molecule has 74 valence electrons. The third-order valence-corrected chi connectivity index (χ3v) is 2.39. The normalized spacial score (nSPS) is 25.5. The summed E-state index contributed by atoms with van der Waals surface area (Å²) in [4.78, 5) is 0. The van der Waals surface area contributed by atoms with Crippen LogP contribution in [0.2, 0.25) is 0 Å². The summed E-state index contributed by atoms with van der Waals surface area (Å²) in [5.74, 6) is 0. The van der Waals surface area contributed by atoms with Gasteiger partial charge in [-0.1, -0.05) is 42.5 Å². The molecule has 2 heteroatoms. The van der Waals surface area contributed by atoms with E-state index in [1.165, 1.54) is 0 Å². The fourth-order valence-corrected chi connectivity index (χ4v) is 1.56. The fraction of sp³-hybridized carbons (Fsp3) is 0.333. The van der Waals surface area contributed by atoms with Gasteiger partial charge in [-0.25, -0.2) is 0 Å². The summed E-state index contributed by atoms with van der Waals surface area (Å²) >= 11 is 0. The Bertz CT molecular complexity index is 305. The van der Waals surface area contributed by atoms with Crippen molar-refractivity contribution < 1.29 is 9.84 Å². The molecule has 14 heavy (non-hydrogen) atoms. The summed E-state index contributed by atoms with van der Waals surface area (Å²) in [6.07, 6.45) is 4.07. The second-order valence-corrected chi connectivity index (χ2v) is 3.49. The summed E-state index contributed by atoms with van der Waals surface area (Å²) < 4.78 is 5.59. The van der Waals surface area contributed by atoms with Gasteiger partial charge in [-0.15, -0.1) is 0 Å². The minimum Gasteiger partial charge on any atom is -0.386 e. The van der Waals surface area contributed by atoms with Gasteiger partial charge in [0, 0.05) is 0 Å². The van der Waals surface area contributed by atoms with Crippen molar-refractivity contribution in [2.24, 2.45) is 0 Å². The van der Waals surface area contributed by atoms with Crippen molar-refractivity contribution in [2.45, 2.75) is 25.2 Å². The minimum absolute atomic E-state index is 0.0600. The number of aliphatic hydroxyl groups excluding tert-OH is 1. The molecule has 0 bridgehead atoms. The molecule has 0 amide bonds. The van der Waals surface area contributed by atoms with Crippen LogP contribution < -0.4 is 0 Å². The van der Waals surface area contributed by atoms with Gasteiger partial charge in [0.15, 0.2) is 0 Å². The van der Waals surface area contributed by atoms with Gasteiger partial charge in [0.2, 0.25) is 0 Å². The zero-order valence-electron chi connectivity index (χ0n) is 7.97. The second-order valence-electron chi connectivity index (χ2n) is 3.49. The van der Waals surface area contributed by atoms with Gasteiger partial charge in [0.25, 0.3) is 0 Å². The SMILES string of the molecule is O[C@@H]1C=CC[C@@H]1OCc1ccccc1. The molecule has 1 aliphatic carbocycles. The van der Waals surface area contributed by atoms with E-state index in [4.69, 9.17) is 4.74 Å². The lowest BCUT2D eigenvalue weighted by Crippen LogP contribution is -2.22. The van der Waals surface area contributed by atoms with Crippen LogP contribution in [-0.4, -0.2) is 17.3 Å². The van der Waals surface area contributed by atoms with E-state index >= 15 is 0 Å². The topological polar surface area (TPSA) is 29.5 Å². The Hall–Kier alpha value is -1.12. The van der Waals surface area contributed by atoms with Crippen LogP contribution in [0.15, 0.2) is 42.5 Å². The lowest BCUT2D eigenvalue weighted by atomic mass is 10.2. The maximum atomic E-state index is 9.46. The average Bonchev–Trinajstić information content (AvgIpc) is 2.63. The van der Waals surface area contributed by atoms with E-state index in [0.717, 1.165) is 12.0 Å². The van der Waals surface area contributed by atoms with Crippen LogP contribution in [0.5, 0.6) is 0 Å². The molecule has 0 spiro atoms. The van der Waals surface area contributed by atoms with Crippen molar-refractivity contribution in [3.63, 3.8) is 0 Å². The Morgan fingerprint density at radius 3 is 2.71 bits per heavy atom. The van der Waals surface area contributed by atoms with Crippen molar-refractivity contribution in [3.8, 4) is 0 Å². The van der Waals surface area contributed by atoms with E-state index in [2.05, 4.69) is 0 Å². The number of benzene rings is 1. The second kappa shape index (κ2) is 4.40. The molecule has 0 radical (unpaired) electrons. The molecule has 2 atom stereocenters. The van der Waals surface area contributed by atoms with Crippen LogP contribution in [-0.2, 0) is 11.3 Å². The first-order valence-electron chi connectivity index (χ1n) is 4.86. The zero-order chi connectivity index (χ0) is 9.80. The fourth-order valence-electron chi connectivity index (χ4n) is 1.56. The first-order chi connectivity index (χ1) is 6.86. The molecule has 1 aliphatic rings. The predicted octanol–water partition coefficient (Wildman–Crippen LogP) is 1.89. The maximum Gasteiger partial charge on any atom is 0.0985 e. The van der Waals surface area contributed by atoms with Gasteiger partial charge < -0.3 is 9.84 Å². The van der Waals surface area contributed by atoms with Crippen LogP contribution in [0.25, 0.3) is 0 Å². The zero-order valence-corrected chi connectivity index (χ0v) is 7.97. The highest BCUT2D eigenvalue weighted by atomic mass is 16.5. The van der Waals surface area contributed by atoms with Crippen LogP contribution in [0.4, 0.5) is 0 Å². The first kappa shape index (κ1) is 9.44.